The summed E-state index contributed by atoms with van der Waals surface area (Å²) in [6.07, 6.45) is 0. The van der Waals surface area contributed by atoms with Gasteiger partial charge in [0.25, 0.3) is 0 Å². The van der Waals surface area contributed by atoms with Crippen LogP contribution >= 0.6 is 0 Å². The Balaban J connectivity index is 1.79. The lowest BCUT2D eigenvalue weighted by Gasteiger charge is -2.10. The molecule has 0 atom stereocenters. The molecule has 0 aliphatic carbocycles. The Hall–Kier alpha value is -4.05. The maximum absolute atomic E-state index is 12.2. The summed E-state index contributed by atoms with van der Waals surface area (Å²) in [5.74, 6) is 0.374. The number of primary amides is 1. The minimum absolute atomic E-state index is 0.438. The number of amides is 1. The van der Waals surface area contributed by atoms with Crippen LogP contribution in [0.15, 0.2) is 84.9 Å². The molecule has 4 nitrogen and oxygen atoms in total. The summed E-state index contributed by atoms with van der Waals surface area (Å²) >= 11 is 0. The number of hydrogen-bond donors (Lipinski definition) is 1. The number of benzene rings is 4. The van der Waals surface area contributed by atoms with E-state index in [0.717, 1.165) is 44.2 Å². The second-order valence-corrected chi connectivity index (χ2v) is 7.52. The van der Waals surface area contributed by atoms with Crippen molar-refractivity contribution in [2.75, 3.05) is 7.11 Å². The Kier molecular flexibility index (Phi) is 4.68. The van der Waals surface area contributed by atoms with Crippen LogP contribution < -0.4 is 10.5 Å². The number of methoxy groups -OCH3 is 1. The summed E-state index contributed by atoms with van der Waals surface area (Å²) < 4.78 is 7.62. The Morgan fingerprint density at radius 3 is 2.52 bits per heavy atom. The summed E-state index contributed by atoms with van der Waals surface area (Å²) in [6.45, 7) is 0.630. The Labute approximate surface area is 180 Å². The predicted octanol–water partition coefficient (Wildman–Crippen LogP) is 5.42. The van der Waals surface area contributed by atoms with Crippen LogP contribution in [0.2, 0.25) is 0 Å². The average molecular weight is 405 g/mol. The van der Waals surface area contributed by atoms with E-state index in [9.17, 15) is 4.79 Å². The van der Waals surface area contributed by atoms with Gasteiger partial charge in [-0.1, -0.05) is 48.5 Å². The molecule has 0 spiro atoms. The van der Waals surface area contributed by atoms with Crippen LogP contribution in [0, 0.1) is 6.07 Å². The highest BCUT2D eigenvalue weighted by Crippen LogP contribution is 2.35. The lowest BCUT2D eigenvalue weighted by atomic mass is 10.0. The van der Waals surface area contributed by atoms with E-state index in [-0.39, 0.29) is 0 Å². The van der Waals surface area contributed by atoms with Crippen LogP contribution in [0.5, 0.6) is 5.75 Å². The van der Waals surface area contributed by atoms with E-state index in [2.05, 4.69) is 34.9 Å². The minimum Gasteiger partial charge on any atom is -0.497 e. The fourth-order valence-corrected chi connectivity index (χ4v) is 4.18. The number of rotatable bonds is 5. The summed E-state index contributed by atoms with van der Waals surface area (Å²) in [4.78, 5) is 12.2. The van der Waals surface area contributed by atoms with E-state index < -0.39 is 5.91 Å². The summed E-state index contributed by atoms with van der Waals surface area (Å²) in [7, 11) is 1.67. The van der Waals surface area contributed by atoms with Gasteiger partial charge in [-0.2, -0.15) is 0 Å². The van der Waals surface area contributed by atoms with Crippen LogP contribution in [0.4, 0.5) is 0 Å². The average Bonchev–Trinajstić information content (AvgIpc) is 3.12. The molecule has 5 aromatic rings. The molecule has 151 valence electrons. The van der Waals surface area contributed by atoms with E-state index >= 15 is 0 Å². The van der Waals surface area contributed by atoms with E-state index in [1.165, 1.54) is 0 Å². The first-order valence-corrected chi connectivity index (χ1v) is 10.1. The third-order valence-electron chi connectivity index (χ3n) is 5.64. The standard InChI is InChI=1S/C27H21N2O2/c1-31-21-10-5-7-18(15-21)17-29-24-12-6-11-23(27(28)30)26(24)22-14-13-20(16-25(22)29)19-8-3-2-4-9-19/h2-13,15-16H,17H2,1H3,(H2,28,30). The van der Waals surface area contributed by atoms with Gasteiger partial charge in [-0.3, -0.25) is 4.79 Å². The molecular weight excluding hydrogens is 384 g/mol. The predicted molar refractivity (Wildman–Crippen MR) is 124 cm³/mol. The van der Waals surface area contributed by atoms with Crippen LogP contribution in [-0.2, 0) is 6.54 Å². The summed E-state index contributed by atoms with van der Waals surface area (Å²) in [5, 5.41) is 1.74. The number of fused-ring (bicyclic) bond motifs is 3. The fraction of sp³-hybridized carbons (Fsp3) is 0.0741. The lowest BCUT2D eigenvalue weighted by Crippen LogP contribution is -2.11. The van der Waals surface area contributed by atoms with Crippen molar-refractivity contribution in [3.05, 3.63) is 102 Å². The molecule has 1 heterocycles. The van der Waals surface area contributed by atoms with Crippen LogP contribution in [0.25, 0.3) is 32.9 Å². The molecule has 5 rings (SSSR count). The normalized spacial score (nSPS) is 11.1. The van der Waals surface area contributed by atoms with E-state index in [1.54, 1.807) is 13.2 Å². The first kappa shape index (κ1) is 18.9. The van der Waals surface area contributed by atoms with Gasteiger partial charge in [0.1, 0.15) is 5.75 Å². The van der Waals surface area contributed by atoms with Crippen molar-refractivity contribution in [2.45, 2.75) is 6.54 Å². The number of carbonyl (C=O) groups excluding carboxylic acids is 1. The molecule has 0 aliphatic heterocycles. The van der Waals surface area contributed by atoms with Crippen molar-refractivity contribution in [3.63, 3.8) is 0 Å². The van der Waals surface area contributed by atoms with Crippen LogP contribution in [0.3, 0.4) is 0 Å². The molecule has 1 radical (unpaired) electrons. The number of aromatic nitrogens is 1. The van der Waals surface area contributed by atoms with Gasteiger partial charge in [0.2, 0.25) is 5.91 Å². The number of nitrogens with zero attached hydrogens (tertiary/aromatic N) is 1. The van der Waals surface area contributed by atoms with Gasteiger partial charge in [0.15, 0.2) is 0 Å². The molecule has 31 heavy (non-hydrogen) atoms. The molecule has 0 aliphatic rings. The van der Waals surface area contributed by atoms with Crippen LogP contribution in [-0.4, -0.2) is 17.6 Å². The zero-order valence-corrected chi connectivity index (χ0v) is 17.1. The molecule has 0 bridgehead atoms. The molecule has 2 N–H and O–H groups in total. The lowest BCUT2D eigenvalue weighted by molar-refractivity contribution is 0.100. The Morgan fingerprint density at radius 1 is 0.935 bits per heavy atom. The molecule has 0 saturated carbocycles. The molecule has 1 aromatic heterocycles. The third-order valence-corrected chi connectivity index (χ3v) is 5.64. The zero-order valence-electron chi connectivity index (χ0n) is 17.1. The second-order valence-electron chi connectivity index (χ2n) is 7.52. The van der Waals surface area contributed by atoms with E-state index in [1.807, 2.05) is 54.6 Å². The largest absolute Gasteiger partial charge is 0.497 e. The summed E-state index contributed by atoms with van der Waals surface area (Å²) in [6, 6.07) is 31.5. The molecular formula is C27H21N2O2. The molecule has 0 fully saturated rings. The highest BCUT2D eigenvalue weighted by atomic mass is 16.5. The molecule has 0 unspecified atom stereocenters. The first-order chi connectivity index (χ1) is 15.2. The highest BCUT2D eigenvalue weighted by molar-refractivity contribution is 6.18. The van der Waals surface area contributed by atoms with Crippen molar-refractivity contribution >= 4 is 27.7 Å². The smallest absolute Gasteiger partial charge is 0.249 e. The van der Waals surface area contributed by atoms with Gasteiger partial charge in [-0.15, -0.1) is 0 Å². The molecule has 4 heteroatoms. The monoisotopic (exact) mass is 405 g/mol. The SMILES string of the molecule is COc1cccc(Cn2c3cc(-c4ccccc4)c[c]c3c3c(C(N)=O)cccc32)c1. The van der Waals surface area contributed by atoms with Gasteiger partial charge in [-0.25, -0.2) is 0 Å². The van der Waals surface area contributed by atoms with Crippen molar-refractivity contribution in [1.82, 2.24) is 4.57 Å². The van der Waals surface area contributed by atoms with Crippen molar-refractivity contribution in [1.29, 1.82) is 0 Å². The minimum atomic E-state index is -0.438. The third kappa shape index (κ3) is 3.32. The van der Waals surface area contributed by atoms with Gasteiger partial charge in [0, 0.05) is 22.9 Å². The van der Waals surface area contributed by atoms with Crippen molar-refractivity contribution in [3.8, 4) is 16.9 Å². The molecule has 0 saturated heterocycles. The quantitative estimate of drug-likeness (QED) is 0.425. The molecule has 1 amide bonds. The Bertz CT molecular complexity index is 1420. The highest BCUT2D eigenvalue weighted by Gasteiger charge is 2.17. The number of nitrogens with two attached hydrogens (primary N) is 1. The first-order valence-electron chi connectivity index (χ1n) is 10.1. The maximum atomic E-state index is 12.2. The number of hydrogen-bond acceptors (Lipinski definition) is 2. The van der Waals surface area contributed by atoms with E-state index in [4.69, 9.17) is 10.5 Å². The van der Waals surface area contributed by atoms with Gasteiger partial charge >= 0.3 is 0 Å². The molecule has 4 aromatic carbocycles. The Morgan fingerprint density at radius 2 is 1.74 bits per heavy atom. The maximum Gasteiger partial charge on any atom is 0.249 e. The van der Waals surface area contributed by atoms with Crippen molar-refractivity contribution in [2.24, 2.45) is 5.73 Å². The second kappa shape index (κ2) is 7.65. The van der Waals surface area contributed by atoms with Gasteiger partial charge < -0.3 is 15.0 Å². The van der Waals surface area contributed by atoms with Gasteiger partial charge in [0.05, 0.1) is 18.1 Å². The van der Waals surface area contributed by atoms with Crippen LogP contribution in [0.1, 0.15) is 15.9 Å². The summed E-state index contributed by atoms with van der Waals surface area (Å²) in [5.41, 5.74) is 11.5. The number of ether oxygens (including phenoxy) is 1. The number of carbonyl (C=O) groups is 1. The van der Waals surface area contributed by atoms with E-state index in [0.29, 0.717) is 12.1 Å². The van der Waals surface area contributed by atoms with Gasteiger partial charge in [-0.05, 0) is 59.2 Å². The zero-order chi connectivity index (χ0) is 21.4. The topological polar surface area (TPSA) is 57.2 Å². The van der Waals surface area contributed by atoms with Crippen molar-refractivity contribution < 1.29 is 9.53 Å². The fourth-order valence-electron chi connectivity index (χ4n) is 4.18.